The van der Waals surface area contributed by atoms with Gasteiger partial charge in [0.2, 0.25) is 0 Å². The summed E-state index contributed by atoms with van der Waals surface area (Å²) in [5.41, 5.74) is 0. The molecule has 1 rings (SSSR count). The van der Waals surface area contributed by atoms with Gasteiger partial charge in [-0.2, -0.15) is 0 Å². The van der Waals surface area contributed by atoms with Gasteiger partial charge in [-0.25, -0.2) is 18.2 Å². The highest BCUT2D eigenvalue weighted by Crippen LogP contribution is 2.16. The zero-order chi connectivity index (χ0) is 14.5. The number of carbonyl (C=O) groups is 1. The van der Waals surface area contributed by atoms with Crippen LogP contribution in [-0.2, 0) is 9.84 Å². The van der Waals surface area contributed by atoms with Crippen LogP contribution in [0, 0.1) is 0 Å². The molecule has 0 fully saturated rings. The molecule has 19 heavy (non-hydrogen) atoms. The van der Waals surface area contributed by atoms with Gasteiger partial charge in [-0.15, -0.1) is 0 Å². The van der Waals surface area contributed by atoms with Crippen molar-refractivity contribution in [3.63, 3.8) is 0 Å². The second-order valence-electron chi connectivity index (χ2n) is 4.18. The van der Waals surface area contributed by atoms with E-state index in [0.717, 1.165) is 6.26 Å². The monoisotopic (exact) mass is 286 g/mol. The summed E-state index contributed by atoms with van der Waals surface area (Å²) in [4.78, 5) is 16.8. The number of pyridine rings is 1. The second kappa shape index (κ2) is 6.37. The topological polar surface area (TPSA) is 91.4 Å². The van der Waals surface area contributed by atoms with Crippen LogP contribution in [0.3, 0.4) is 0 Å². The van der Waals surface area contributed by atoms with Gasteiger partial charge >= 0.3 is 6.03 Å². The fourth-order valence-electron chi connectivity index (χ4n) is 1.33. The standard InChI is InChI=1S/C11H18N4O3S/c1-15(2)11(16)14-8-7-13-10-9(19(3,17)18)5-4-6-12-10/h4-6H,7-8H2,1-3H3,(H,12,13)(H,14,16). The Labute approximate surface area is 112 Å². The summed E-state index contributed by atoms with van der Waals surface area (Å²) >= 11 is 0. The minimum atomic E-state index is -3.32. The molecule has 0 aliphatic carbocycles. The van der Waals surface area contributed by atoms with Crippen LogP contribution in [0.2, 0.25) is 0 Å². The Kier molecular flexibility index (Phi) is 5.11. The molecular formula is C11H18N4O3S. The first kappa shape index (κ1) is 15.2. The van der Waals surface area contributed by atoms with Crippen molar-refractivity contribution in [2.24, 2.45) is 0 Å². The first-order valence-electron chi connectivity index (χ1n) is 5.66. The lowest BCUT2D eigenvalue weighted by molar-refractivity contribution is 0.218. The highest BCUT2D eigenvalue weighted by atomic mass is 32.2. The molecule has 2 amide bonds. The Morgan fingerprint density at radius 2 is 2.05 bits per heavy atom. The van der Waals surface area contributed by atoms with E-state index >= 15 is 0 Å². The van der Waals surface area contributed by atoms with E-state index in [2.05, 4.69) is 15.6 Å². The molecule has 0 bridgehead atoms. The Hall–Kier alpha value is -1.83. The zero-order valence-electron chi connectivity index (χ0n) is 11.2. The van der Waals surface area contributed by atoms with Crippen LogP contribution in [0.15, 0.2) is 23.2 Å². The Bertz CT molecular complexity index is 543. The summed E-state index contributed by atoms with van der Waals surface area (Å²) in [5.74, 6) is 0.295. The number of carbonyl (C=O) groups excluding carboxylic acids is 1. The van der Waals surface area contributed by atoms with Crippen molar-refractivity contribution in [3.05, 3.63) is 18.3 Å². The predicted molar refractivity (Wildman–Crippen MR) is 72.9 cm³/mol. The van der Waals surface area contributed by atoms with Crippen LogP contribution in [0.5, 0.6) is 0 Å². The van der Waals surface area contributed by atoms with E-state index in [-0.39, 0.29) is 10.9 Å². The molecule has 0 unspecified atom stereocenters. The molecule has 0 saturated heterocycles. The van der Waals surface area contributed by atoms with Crippen LogP contribution < -0.4 is 10.6 Å². The van der Waals surface area contributed by atoms with Crippen LogP contribution in [0.25, 0.3) is 0 Å². The summed E-state index contributed by atoms with van der Waals surface area (Å²) in [6, 6.07) is 2.85. The number of aromatic nitrogens is 1. The molecule has 106 valence electrons. The first-order valence-corrected chi connectivity index (χ1v) is 7.55. The lowest BCUT2D eigenvalue weighted by atomic mass is 10.4. The van der Waals surface area contributed by atoms with Gasteiger partial charge in [-0.3, -0.25) is 0 Å². The Balaban J connectivity index is 2.58. The molecule has 1 aromatic rings. The van der Waals surface area contributed by atoms with Crippen LogP contribution in [0.4, 0.5) is 10.6 Å². The molecular weight excluding hydrogens is 268 g/mol. The van der Waals surface area contributed by atoms with Gasteiger partial charge in [0, 0.05) is 39.6 Å². The SMILES string of the molecule is CN(C)C(=O)NCCNc1ncccc1S(C)(=O)=O. The first-order chi connectivity index (χ1) is 8.82. The van der Waals surface area contributed by atoms with E-state index in [1.165, 1.54) is 17.2 Å². The van der Waals surface area contributed by atoms with Gasteiger partial charge in [0.05, 0.1) is 0 Å². The van der Waals surface area contributed by atoms with Crippen molar-refractivity contribution in [2.75, 3.05) is 38.8 Å². The van der Waals surface area contributed by atoms with E-state index in [4.69, 9.17) is 0 Å². The van der Waals surface area contributed by atoms with Crippen LogP contribution >= 0.6 is 0 Å². The van der Waals surface area contributed by atoms with Gasteiger partial charge in [0.1, 0.15) is 10.7 Å². The Morgan fingerprint density at radius 1 is 1.37 bits per heavy atom. The number of anilines is 1. The van der Waals surface area contributed by atoms with E-state index in [1.54, 1.807) is 20.2 Å². The van der Waals surface area contributed by atoms with Crippen LogP contribution in [-0.4, -0.2) is 57.8 Å². The number of hydrogen-bond acceptors (Lipinski definition) is 5. The van der Waals surface area contributed by atoms with E-state index in [9.17, 15) is 13.2 Å². The van der Waals surface area contributed by atoms with Gasteiger partial charge in [0.25, 0.3) is 0 Å². The molecule has 0 aliphatic heterocycles. The van der Waals surface area contributed by atoms with Crippen molar-refractivity contribution in [3.8, 4) is 0 Å². The van der Waals surface area contributed by atoms with Crippen molar-refractivity contribution < 1.29 is 13.2 Å². The highest BCUT2D eigenvalue weighted by molar-refractivity contribution is 7.90. The Morgan fingerprint density at radius 3 is 2.63 bits per heavy atom. The summed E-state index contributed by atoms with van der Waals surface area (Å²) in [6.45, 7) is 0.760. The molecule has 0 radical (unpaired) electrons. The van der Waals surface area contributed by atoms with E-state index < -0.39 is 9.84 Å². The summed E-state index contributed by atoms with van der Waals surface area (Å²) < 4.78 is 23.1. The molecule has 1 aromatic heterocycles. The number of nitrogens with zero attached hydrogens (tertiary/aromatic N) is 2. The van der Waals surface area contributed by atoms with Gasteiger partial charge in [-0.1, -0.05) is 0 Å². The molecule has 0 saturated carbocycles. The molecule has 0 aromatic carbocycles. The third kappa shape index (κ3) is 4.74. The van der Waals surface area contributed by atoms with Crippen molar-refractivity contribution in [1.82, 2.24) is 15.2 Å². The summed E-state index contributed by atoms with van der Waals surface area (Å²) in [7, 11) is -0.0367. The lowest BCUT2D eigenvalue weighted by Gasteiger charge is -2.13. The number of urea groups is 1. The fourth-order valence-corrected chi connectivity index (χ4v) is 2.13. The van der Waals surface area contributed by atoms with E-state index in [1.807, 2.05) is 0 Å². The molecule has 1 heterocycles. The second-order valence-corrected chi connectivity index (χ2v) is 6.16. The summed E-state index contributed by atoms with van der Waals surface area (Å²) in [6.07, 6.45) is 2.64. The largest absolute Gasteiger partial charge is 0.367 e. The van der Waals surface area contributed by atoms with Crippen molar-refractivity contribution in [2.45, 2.75) is 4.90 Å². The number of amides is 2. The smallest absolute Gasteiger partial charge is 0.316 e. The third-order valence-corrected chi connectivity index (χ3v) is 3.40. The van der Waals surface area contributed by atoms with Crippen molar-refractivity contribution >= 4 is 21.7 Å². The maximum absolute atomic E-state index is 11.5. The fraction of sp³-hybridized carbons (Fsp3) is 0.455. The highest BCUT2D eigenvalue weighted by Gasteiger charge is 2.13. The molecule has 0 spiro atoms. The van der Waals surface area contributed by atoms with E-state index in [0.29, 0.717) is 18.9 Å². The number of nitrogens with one attached hydrogen (secondary N) is 2. The van der Waals surface area contributed by atoms with Gasteiger partial charge in [0.15, 0.2) is 9.84 Å². The maximum Gasteiger partial charge on any atom is 0.316 e. The molecule has 7 nitrogen and oxygen atoms in total. The van der Waals surface area contributed by atoms with Gasteiger partial charge < -0.3 is 15.5 Å². The lowest BCUT2D eigenvalue weighted by Crippen LogP contribution is -2.37. The third-order valence-electron chi connectivity index (χ3n) is 2.27. The minimum absolute atomic E-state index is 0.147. The maximum atomic E-state index is 11.5. The molecule has 8 heteroatoms. The zero-order valence-corrected chi connectivity index (χ0v) is 12.0. The molecule has 0 aliphatic rings. The van der Waals surface area contributed by atoms with Crippen molar-refractivity contribution in [1.29, 1.82) is 0 Å². The number of sulfone groups is 1. The quantitative estimate of drug-likeness (QED) is 0.753. The predicted octanol–water partition coefficient (Wildman–Crippen LogP) is 0.168. The summed E-state index contributed by atoms with van der Waals surface area (Å²) in [5, 5.41) is 5.55. The average Bonchev–Trinajstić information content (AvgIpc) is 2.33. The molecule has 0 atom stereocenters. The van der Waals surface area contributed by atoms with Crippen LogP contribution in [0.1, 0.15) is 0 Å². The van der Waals surface area contributed by atoms with Gasteiger partial charge in [-0.05, 0) is 12.1 Å². The molecule has 2 N–H and O–H groups in total. The normalized spacial score (nSPS) is 10.9. The number of hydrogen-bond donors (Lipinski definition) is 2. The number of rotatable bonds is 5. The minimum Gasteiger partial charge on any atom is -0.367 e. The average molecular weight is 286 g/mol.